The molecule has 0 aliphatic heterocycles. The molecule has 2 nitrogen and oxygen atoms in total. The number of nitrogens with one attached hydrogen (secondary N) is 1. The number of hydrogen-bond acceptors (Lipinski definition) is 2. The van der Waals surface area contributed by atoms with Crippen LogP contribution in [0.25, 0.3) is 0 Å². The molecule has 1 rings (SSSR count). The molecule has 0 aromatic heterocycles. The fourth-order valence-electron chi connectivity index (χ4n) is 1.97. The largest absolute Gasteiger partial charge is 0.396 e. The van der Waals surface area contributed by atoms with Crippen LogP contribution in [0.1, 0.15) is 45.2 Å². The second kappa shape index (κ2) is 7.49. The summed E-state index contributed by atoms with van der Waals surface area (Å²) in [6, 6.07) is 5.95. The number of rotatable bonds is 7. The average Bonchev–Trinajstić information content (AvgIpc) is 2.37. The van der Waals surface area contributed by atoms with Gasteiger partial charge < -0.3 is 10.4 Å². The summed E-state index contributed by atoms with van der Waals surface area (Å²) in [4.78, 5) is 0. The number of hydrogen-bond donors (Lipinski definition) is 2. The lowest BCUT2D eigenvalue weighted by molar-refractivity contribution is 0.233. The van der Waals surface area contributed by atoms with Gasteiger partial charge in [-0.25, -0.2) is 0 Å². The molecule has 0 radical (unpaired) electrons. The number of halogens is 2. The van der Waals surface area contributed by atoms with Gasteiger partial charge in [-0.2, -0.15) is 0 Å². The normalized spacial score (nSPS) is 13.6. The molecule has 0 spiro atoms. The Bertz CT molecular complexity index is 407. The van der Waals surface area contributed by atoms with Gasteiger partial charge in [0.15, 0.2) is 0 Å². The van der Waals surface area contributed by atoms with Crippen molar-refractivity contribution in [2.45, 2.75) is 39.7 Å². The summed E-state index contributed by atoms with van der Waals surface area (Å²) in [6.07, 6.45) is 1.85. The summed E-state index contributed by atoms with van der Waals surface area (Å²) >= 11 is 11.9. The molecule has 0 amide bonds. The van der Waals surface area contributed by atoms with Crippen LogP contribution in [0.15, 0.2) is 18.2 Å². The van der Waals surface area contributed by atoms with Crippen LogP contribution in [0.5, 0.6) is 0 Å². The van der Waals surface area contributed by atoms with Crippen molar-refractivity contribution in [3.63, 3.8) is 0 Å². The van der Waals surface area contributed by atoms with Crippen LogP contribution >= 0.6 is 23.2 Å². The van der Waals surface area contributed by atoms with Gasteiger partial charge in [0.2, 0.25) is 0 Å². The highest BCUT2D eigenvalue weighted by atomic mass is 35.5. The molecule has 0 saturated heterocycles. The molecule has 0 heterocycles. The third-order valence-electron chi connectivity index (χ3n) is 3.34. The van der Waals surface area contributed by atoms with Crippen molar-refractivity contribution in [2.24, 2.45) is 5.41 Å². The Balaban J connectivity index is 2.54. The fraction of sp³-hybridized carbons (Fsp3) is 0.600. The molecule has 0 bridgehead atoms. The molecule has 1 unspecified atom stereocenters. The number of aliphatic hydroxyl groups excluding tert-OH is 1. The Kier molecular flexibility index (Phi) is 6.61. The summed E-state index contributed by atoms with van der Waals surface area (Å²) in [5, 5.41) is 13.6. The minimum absolute atomic E-state index is 0.174. The van der Waals surface area contributed by atoms with E-state index in [1.54, 1.807) is 0 Å². The van der Waals surface area contributed by atoms with E-state index < -0.39 is 0 Å². The molecule has 2 N–H and O–H groups in total. The van der Waals surface area contributed by atoms with Gasteiger partial charge in [-0.05, 0) is 42.9 Å². The molecule has 108 valence electrons. The third kappa shape index (κ3) is 5.70. The zero-order valence-electron chi connectivity index (χ0n) is 11.8. The molecule has 19 heavy (non-hydrogen) atoms. The lowest BCUT2D eigenvalue weighted by atomic mass is 9.87. The van der Waals surface area contributed by atoms with Gasteiger partial charge in [0, 0.05) is 19.2 Å². The third-order valence-corrected chi connectivity index (χ3v) is 4.08. The van der Waals surface area contributed by atoms with Gasteiger partial charge in [0.1, 0.15) is 0 Å². The van der Waals surface area contributed by atoms with Crippen molar-refractivity contribution in [1.29, 1.82) is 0 Å². The lowest BCUT2D eigenvalue weighted by Gasteiger charge is -2.27. The van der Waals surface area contributed by atoms with Crippen molar-refractivity contribution in [1.82, 2.24) is 5.32 Å². The van der Waals surface area contributed by atoms with Crippen LogP contribution < -0.4 is 5.32 Å². The molecule has 0 fully saturated rings. The second-order valence-electron chi connectivity index (χ2n) is 5.77. The quantitative estimate of drug-likeness (QED) is 0.780. The smallest absolute Gasteiger partial charge is 0.0595 e. The summed E-state index contributed by atoms with van der Waals surface area (Å²) in [5.74, 6) is 0. The van der Waals surface area contributed by atoms with Crippen LogP contribution in [-0.4, -0.2) is 18.3 Å². The van der Waals surface area contributed by atoms with Gasteiger partial charge in [-0.3, -0.25) is 0 Å². The topological polar surface area (TPSA) is 32.3 Å². The highest BCUT2D eigenvalue weighted by Crippen LogP contribution is 2.27. The van der Waals surface area contributed by atoms with E-state index in [0.29, 0.717) is 10.0 Å². The summed E-state index contributed by atoms with van der Waals surface area (Å²) in [7, 11) is 0. The van der Waals surface area contributed by atoms with Crippen LogP contribution in [0, 0.1) is 5.41 Å². The van der Waals surface area contributed by atoms with Crippen molar-refractivity contribution in [3.8, 4) is 0 Å². The molecule has 0 saturated carbocycles. The molecular weight excluding hydrogens is 281 g/mol. The minimum Gasteiger partial charge on any atom is -0.396 e. The summed E-state index contributed by atoms with van der Waals surface area (Å²) < 4.78 is 0. The van der Waals surface area contributed by atoms with Crippen molar-refractivity contribution in [3.05, 3.63) is 33.8 Å². The first-order valence-corrected chi connectivity index (χ1v) is 7.40. The van der Waals surface area contributed by atoms with E-state index in [-0.39, 0.29) is 18.1 Å². The molecule has 4 heteroatoms. The van der Waals surface area contributed by atoms with E-state index in [1.165, 1.54) is 0 Å². The summed E-state index contributed by atoms with van der Waals surface area (Å²) in [5.41, 5.74) is 1.31. The van der Waals surface area contributed by atoms with E-state index >= 15 is 0 Å². The highest BCUT2D eigenvalue weighted by molar-refractivity contribution is 6.42. The Hall–Kier alpha value is -0.280. The fourth-order valence-corrected chi connectivity index (χ4v) is 2.28. The van der Waals surface area contributed by atoms with E-state index in [4.69, 9.17) is 28.3 Å². The van der Waals surface area contributed by atoms with E-state index in [1.807, 2.05) is 18.2 Å². The first-order valence-electron chi connectivity index (χ1n) is 6.65. The molecule has 1 aromatic rings. The van der Waals surface area contributed by atoms with Crippen molar-refractivity contribution < 1.29 is 5.11 Å². The van der Waals surface area contributed by atoms with Crippen molar-refractivity contribution in [2.75, 3.05) is 13.2 Å². The van der Waals surface area contributed by atoms with Crippen LogP contribution in [0.3, 0.4) is 0 Å². The van der Waals surface area contributed by atoms with E-state index in [2.05, 4.69) is 26.1 Å². The average molecular weight is 304 g/mol. The zero-order valence-corrected chi connectivity index (χ0v) is 13.4. The van der Waals surface area contributed by atoms with Crippen LogP contribution in [0.2, 0.25) is 10.0 Å². The monoisotopic (exact) mass is 303 g/mol. The van der Waals surface area contributed by atoms with E-state index in [9.17, 15) is 0 Å². The second-order valence-corrected chi connectivity index (χ2v) is 6.58. The Morgan fingerprint density at radius 1 is 1.26 bits per heavy atom. The van der Waals surface area contributed by atoms with E-state index in [0.717, 1.165) is 24.9 Å². The van der Waals surface area contributed by atoms with Crippen LogP contribution in [0.4, 0.5) is 0 Å². The molecule has 1 aromatic carbocycles. The van der Waals surface area contributed by atoms with Gasteiger partial charge in [-0.15, -0.1) is 0 Å². The highest BCUT2D eigenvalue weighted by Gasteiger charge is 2.18. The standard InChI is InChI=1S/C15H23Cl2NO/c1-11(12-5-6-13(16)14(17)9-12)18-10-15(2,3)7-4-8-19/h5-6,9,11,18-19H,4,7-8,10H2,1-3H3. The SMILES string of the molecule is CC(NCC(C)(C)CCCO)c1ccc(Cl)c(Cl)c1. The van der Waals surface area contributed by atoms with Crippen molar-refractivity contribution >= 4 is 23.2 Å². The maximum absolute atomic E-state index is 8.89. The maximum Gasteiger partial charge on any atom is 0.0595 e. The maximum atomic E-state index is 8.89. The molecule has 0 aliphatic carbocycles. The Morgan fingerprint density at radius 2 is 1.95 bits per heavy atom. The Labute approximate surface area is 126 Å². The first-order chi connectivity index (χ1) is 8.85. The first kappa shape index (κ1) is 16.8. The predicted molar refractivity (Wildman–Crippen MR) is 83.0 cm³/mol. The van der Waals surface area contributed by atoms with Gasteiger partial charge in [-0.1, -0.05) is 43.1 Å². The zero-order chi connectivity index (χ0) is 14.5. The summed E-state index contributed by atoms with van der Waals surface area (Å²) in [6.45, 7) is 7.68. The Morgan fingerprint density at radius 3 is 2.53 bits per heavy atom. The van der Waals surface area contributed by atoms with Gasteiger partial charge >= 0.3 is 0 Å². The molecule has 1 atom stereocenters. The number of benzene rings is 1. The predicted octanol–water partition coefficient (Wildman–Crippen LogP) is 4.44. The minimum atomic E-state index is 0.174. The van der Waals surface area contributed by atoms with Crippen LogP contribution in [-0.2, 0) is 0 Å². The molecule has 0 aliphatic rings. The number of aliphatic hydroxyl groups is 1. The lowest BCUT2D eigenvalue weighted by Crippen LogP contribution is -2.31. The molecular formula is C15H23Cl2NO. The van der Waals surface area contributed by atoms with Gasteiger partial charge in [0.25, 0.3) is 0 Å². The van der Waals surface area contributed by atoms with Gasteiger partial charge in [0.05, 0.1) is 10.0 Å².